The Hall–Kier alpha value is -2.45. The van der Waals surface area contributed by atoms with E-state index in [2.05, 4.69) is 50.2 Å². The van der Waals surface area contributed by atoms with E-state index in [-0.39, 0.29) is 11.9 Å². The van der Waals surface area contributed by atoms with Gasteiger partial charge in [-0.25, -0.2) is 4.39 Å². The Bertz CT molecular complexity index is 844. The smallest absolute Gasteiger partial charge is 0.191 e. The van der Waals surface area contributed by atoms with E-state index >= 15 is 0 Å². The average Bonchev–Trinajstić information content (AvgIpc) is 3.08. The number of rotatable bonds is 8. The van der Waals surface area contributed by atoms with Crippen LogP contribution in [0.3, 0.4) is 0 Å². The third-order valence-electron chi connectivity index (χ3n) is 5.63. The third kappa shape index (κ3) is 6.77. The maximum atomic E-state index is 13.4. The van der Waals surface area contributed by atoms with Crippen molar-refractivity contribution in [1.82, 2.24) is 25.3 Å². The summed E-state index contributed by atoms with van der Waals surface area (Å²) in [4.78, 5) is 6.76. The summed E-state index contributed by atoms with van der Waals surface area (Å²) in [6.45, 7) is 11.8. The molecule has 0 radical (unpaired) electrons. The highest BCUT2D eigenvalue weighted by Crippen LogP contribution is 2.21. The van der Waals surface area contributed by atoms with Crippen LogP contribution < -0.4 is 10.6 Å². The van der Waals surface area contributed by atoms with Crippen LogP contribution in [0.5, 0.6) is 0 Å². The van der Waals surface area contributed by atoms with Crippen LogP contribution in [-0.2, 0) is 11.3 Å². The summed E-state index contributed by atoms with van der Waals surface area (Å²) >= 11 is 0. The highest BCUT2D eigenvalue weighted by atomic mass is 19.1. The van der Waals surface area contributed by atoms with Gasteiger partial charge in [0, 0.05) is 45.5 Å². The molecule has 1 saturated heterocycles. The number of aromatic nitrogens is 2. The number of nitrogens with zero attached hydrogens (tertiary/aromatic N) is 4. The molecular weight excluding hydrogens is 395 g/mol. The molecule has 0 amide bonds. The van der Waals surface area contributed by atoms with Crippen LogP contribution in [0.1, 0.15) is 29.9 Å². The maximum Gasteiger partial charge on any atom is 0.191 e. The van der Waals surface area contributed by atoms with Crippen molar-refractivity contribution in [2.45, 2.75) is 33.4 Å². The van der Waals surface area contributed by atoms with Crippen LogP contribution >= 0.6 is 0 Å². The van der Waals surface area contributed by atoms with Crippen LogP contribution in [-0.4, -0.2) is 67.1 Å². The summed E-state index contributed by atoms with van der Waals surface area (Å²) in [6, 6.07) is 9.00. The summed E-state index contributed by atoms with van der Waals surface area (Å²) in [7, 11) is 1.78. The van der Waals surface area contributed by atoms with Gasteiger partial charge >= 0.3 is 0 Å². The zero-order valence-electron chi connectivity index (χ0n) is 19.1. The molecule has 0 bridgehead atoms. The molecule has 0 aliphatic carbocycles. The molecule has 2 aromatic rings. The number of hydrogen-bond acceptors (Lipinski definition) is 4. The Kier molecular flexibility index (Phi) is 8.43. The zero-order valence-corrected chi connectivity index (χ0v) is 19.1. The monoisotopic (exact) mass is 430 g/mol. The Balaban J connectivity index is 1.56. The van der Waals surface area contributed by atoms with Gasteiger partial charge in [-0.15, -0.1) is 0 Å². The van der Waals surface area contributed by atoms with Gasteiger partial charge in [0.1, 0.15) is 5.82 Å². The van der Waals surface area contributed by atoms with Crippen molar-refractivity contribution in [2.24, 2.45) is 10.9 Å². The highest BCUT2D eigenvalue weighted by molar-refractivity contribution is 5.79. The first-order valence-corrected chi connectivity index (χ1v) is 11.0. The predicted octanol–water partition coefficient (Wildman–Crippen LogP) is 2.51. The lowest BCUT2D eigenvalue weighted by atomic mass is 10.0. The number of aryl methyl sites for hydroxylation is 2. The van der Waals surface area contributed by atoms with Gasteiger partial charge in [0.25, 0.3) is 0 Å². The molecular formula is C23H35FN6O. The molecule has 31 heavy (non-hydrogen) atoms. The second kappa shape index (κ2) is 11.2. The van der Waals surface area contributed by atoms with Crippen molar-refractivity contribution < 1.29 is 9.13 Å². The number of benzene rings is 1. The van der Waals surface area contributed by atoms with E-state index < -0.39 is 0 Å². The molecule has 1 fully saturated rings. The number of nitrogens with one attached hydrogen (secondary N) is 2. The topological polar surface area (TPSA) is 66.7 Å². The van der Waals surface area contributed by atoms with Crippen molar-refractivity contribution >= 4 is 5.96 Å². The van der Waals surface area contributed by atoms with Gasteiger partial charge < -0.3 is 15.4 Å². The predicted molar refractivity (Wildman–Crippen MR) is 122 cm³/mol. The Labute approximate surface area is 184 Å². The fraction of sp³-hybridized carbons (Fsp3) is 0.565. The lowest BCUT2D eigenvalue weighted by Gasteiger charge is -2.35. The van der Waals surface area contributed by atoms with E-state index in [1.807, 2.05) is 19.1 Å². The first-order valence-electron chi connectivity index (χ1n) is 11.0. The SMILES string of the molecule is CN=C(NCC(C)Cn1nc(C)cc1C)NCC(c1ccc(F)cc1)N1CCOCC1. The van der Waals surface area contributed by atoms with Gasteiger partial charge in [0.05, 0.1) is 24.9 Å². The number of halogens is 1. The average molecular weight is 431 g/mol. The number of ether oxygens (including phenoxy) is 1. The van der Waals surface area contributed by atoms with Gasteiger partial charge in [-0.1, -0.05) is 19.1 Å². The molecule has 3 rings (SSSR count). The quantitative estimate of drug-likeness (QED) is 0.498. The normalized spacial score (nSPS) is 17.4. The minimum atomic E-state index is -0.216. The molecule has 2 heterocycles. The lowest BCUT2D eigenvalue weighted by molar-refractivity contribution is 0.0170. The second-order valence-corrected chi connectivity index (χ2v) is 8.26. The Morgan fingerprint density at radius 3 is 2.45 bits per heavy atom. The van der Waals surface area contributed by atoms with Gasteiger partial charge in [-0.3, -0.25) is 14.6 Å². The minimum absolute atomic E-state index is 0.121. The van der Waals surface area contributed by atoms with E-state index in [0.29, 0.717) is 25.7 Å². The molecule has 1 aromatic carbocycles. The first-order chi connectivity index (χ1) is 15.0. The third-order valence-corrected chi connectivity index (χ3v) is 5.63. The fourth-order valence-electron chi connectivity index (χ4n) is 3.94. The largest absolute Gasteiger partial charge is 0.379 e. The van der Waals surface area contributed by atoms with Gasteiger partial charge in [-0.05, 0) is 43.5 Å². The first kappa shape index (κ1) is 23.2. The van der Waals surface area contributed by atoms with E-state index in [4.69, 9.17) is 4.74 Å². The van der Waals surface area contributed by atoms with Crippen LogP contribution in [0, 0.1) is 25.6 Å². The summed E-state index contributed by atoms with van der Waals surface area (Å²) in [5, 5.41) is 11.4. The van der Waals surface area contributed by atoms with Crippen molar-refractivity contribution in [1.29, 1.82) is 0 Å². The van der Waals surface area contributed by atoms with E-state index in [1.54, 1.807) is 7.05 Å². The van der Waals surface area contributed by atoms with Crippen molar-refractivity contribution in [2.75, 3.05) is 46.4 Å². The fourth-order valence-corrected chi connectivity index (χ4v) is 3.94. The molecule has 0 spiro atoms. The van der Waals surface area contributed by atoms with Crippen molar-refractivity contribution in [3.05, 3.63) is 53.1 Å². The van der Waals surface area contributed by atoms with Crippen LogP contribution in [0.2, 0.25) is 0 Å². The molecule has 2 unspecified atom stereocenters. The molecule has 1 aromatic heterocycles. The van der Waals surface area contributed by atoms with Crippen LogP contribution in [0.25, 0.3) is 0 Å². The number of hydrogen-bond donors (Lipinski definition) is 2. The van der Waals surface area contributed by atoms with Crippen molar-refractivity contribution in [3.63, 3.8) is 0 Å². The molecule has 1 aliphatic heterocycles. The molecule has 2 atom stereocenters. The summed E-state index contributed by atoms with van der Waals surface area (Å²) in [5.74, 6) is 0.941. The zero-order chi connectivity index (χ0) is 22.2. The molecule has 0 saturated carbocycles. The summed E-state index contributed by atoms with van der Waals surface area (Å²) in [6.07, 6.45) is 0. The molecule has 2 N–H and O–H groups in total. The minimum Gasteiger partial charge on any atom is -0.379 e. The Morgan fingerprint density at radius 2 is 1.84 bits per heavy atom. The molecule has 8 heteroatoms. The van der Waals surface area contributed by atoms with Crippen molar-refractivity contribution in [3.8, 4) is 0 Å². The van der Waals surface area contributed by atoms with Gasteiger partial charge in [0.15, 0.2) is 5.96 Å². The van der Waals surface area contributed by atoms with Gasteiger partial charge in [-0.2, -0.15) is 5.10 Å². The highest BCUT2D eigenvalue weighted by Gasteiger charge is 2.23. The van der Waals surface area contributed by atoms with Crippen LogP contribution in [0.15, 0.2) is 35.3 Å². The standard InChI is InChI=1S/C23H35FN6O/c1-17(16-30-19(3)13-18(2)28-30)14-26-23(25-4)27-15-22(29-9-11-31-12-10-29)20-5-7-21(24)8-6-20/h5-8,13,17,22H,9-12,14-16H2,1-4H3,(H2,25,26,27). The van der Waals surface area contributed by atoms with E-state index in [0.717, 1.165) is 43.4 Å². The summed E-state index contributed by atoms with van der Waals surface area (Å²) < 4.78 is 21.0. The number of guanidine groups is 1. The Morgan fingerprint density at radius 1 is 1.16 bits per heavy atom. The summed E-state index contributed by atoms with van der Waals surface area (Å²) in [5.41, 5.74) is 3.31. The van der Waals surface area contributed by atoms with Gasteiger partial charge in [0.2, 0.25) is 0 Å². The molecule has 7 nitrogen and oxygen atoms in total. The molecule has 1 aliphatic rings. The van der Waals surface area contributed by atoms with E-state index in [1.165, 1.54) is 17.8 Å². The van der Waals surface area contributed by atoms with E-state index in [9.17, 15) is 4.39 Å². The second-order valence-electron chi connectivity index (χ2n) is 8.26. The lowest BCUT2D eigenvalue weighted by Crippen LogP contribution is -2.47. The molecule has 170 valence electrons. The maximum absolute atomic E-state index is 13.4. The number of aliphatic imine (C=N–C) groups is 1. The van der Waals surface area contributed by atoms with Crippen LogP contribution in [0.4, 0.5) is 4.39 Å². The number of morpholine rings is 1.